The molecule has 7 heteroatoms. The highest BCUT2D eigenvalue weighted by molar-refractivity contribution is 7.16. The molecule has 110 valence electrons. The van der Waals surface area contributed by atoms with Gasteiger partial charge >= 0.3 is 5.69 Å². The summed E-state index contributed by atoms with van der Waals surface area (Å²) in [6.45, 7) is 3.60. The molecular weight excluding hydrogens is 280 g/mol. The van der Waals surface area contributed by atoms with Crippen LogP contribution in [0.15, 0.2) is 17.7 Å². The van der Waals surface area contributed by atoms with Crippen LogP contribution < -0.4 is 4.90 Å². The largest absolute Gasteiger partial charge is 0.388 e. The summed E-state index contributed by atoms with van der Waals surface area (Å²) in [5.74, 6) is 0. The summed E-state index contributed by atoms with van der Waals surface area (Å²) in [6.07, 6.45) is 2.21. The van der Waals surface area contributed by atoms with Gasteiger partial charge in [-0.3, -0.25) is 10.1 Å². The molecule has 1 aliphatic heterocycles. The Morgan fingerprint density at radius 2 is 2.40 bits per heavy atom. The molecule has 1 aromatic heterocycles. The van der Waals surface area contributed by atoms with Crippen LogP contribution in [0.25, 0.3) is 0 Å². The maximum absolute atomic E-state index is 11.1. The number of anilines is 1. The number of hydrogen-bond donors (Lipinski definition) is 1. The lowest BCUT2D eigenvalue weighted by atomic mass is 10.1. The van der Waals surface area contributed by atoms with E-state index in [2.05, 4.69) is 6.08 Å². The van der Waals surface area contributed by atoms with E-state index in [-0.39, 0.29) is 10.6 Å². The van der Waals surface area contributed by atoms with Gasteiger partial charge in [-0.25, -0.2) is 0 Å². The Morgan fingerprint density at radius 1 is 1.65 bits per heavy atom. The maximum atomic E-state index is 11.1. The molecule has 0 unspecified atom stereocenters. The summed E-state index contributed by atoms with van der Waals surface area (Å²) in [7, 11) is 1.66. The van der Waals surface area contributed by atoms with Gasteiger partial charge in [0, 0.05) is 31.1 Å². The zero-order valence-electron chi connectivity index (χ0n) is 11.5. The van der Waals surface area contributed by atoms with Crippen LogP contribution in [-0.4, -0.2) is 36.8 Å². The van der Waals surface area contributed by atoms with Crippen molar-refractivity contribution in [2.24, 2.45) is 0 Å². The van der Waals surface area contributed by atoms with Gasteiger partial charge in [-0.2, -0.15) is 0 Å². The first-order valence-electron chi connectivity index (χ1n) is 6.41. The number of rotatable bonds is 5. The highest BCUT2D eigenvalue weighted by Crippen LogP contribution is 2.40. The van der Waals surface area contributed by atoms with Crippen molar-refractivity contribution >= 4 is 22.0 Å². The Hall–Kier alpha value is -1.44. The molecule has 0 radical (unpaired) electrons. The van der Waals surface area contributed by atoms with E-state index in [0.29, 0.717) is 23.0 Å². The van der Waals surface area contributed by atoms with E-state index in [0.717, 1.165) is 13.0 Å². The van der Waals surface area contributed by atoms with Gasteiger partial charge in [-0.1, -0.05) is 6.08 Å². The smallest absolute Gasteiger partial charge is 0.304 e. The summed E-state index contributed by atoms with van der Waals surface area (Å²) in [6, 6.07) is 1.47. The van der Waals surface area contributed by atoms with Crippen molar-refractivity contribution in [3.63, 3.8) is 0 Å². The third-order valence-electron chi connectivity index (χ3n) is 3.24. The molecule has 0 amide bonds. The highest BCUT2D eigenvalue weighted by Gasteiger charge is 2.26. The molecule has 0 aromatic carbocycles. The first-order chi connectivity index (χ1) is 9.52. The number of nitro groups is 1. The van der Waals surface area contributed by atoms with E-state index >= 15 is 0 Å². The SMILES string of the molecule is COCC1=CCN(c2sc([C@@H](C)O)cc2[N+](=O)[O-])CC1. The van der Waals surface area contributed by atoms with E-state index in [1.807, 2.05) is 4.90 Å². The van der Waals surface area contributed by atoms with Gasteiger partial charge in [0.05, 0.1) is 17.6 Å². The molecule has 1 N–H and O–H groups in total. The summed E-state index contributed by atoms with van der Waals surface area (Å²) in [4.78, 5) is 13.4. The second-order valence-electron chi connectivity index (χ2n) is 4.76. The number of thiophene rings is 1. The van der Waals surface area contributed by atoms with Crippen LogP contribution in [0.5, 0.6) is 0 Å². The number of ether oxygens (including phenoxy) is 1. The lowest BCUT2D eigenvalue weighted by molar-refractivity contribution is -0.383. The van der Waals surface area contributed by atoms with Crippen molar-refractivity contribution in [2.75, 3.05) is 31.7 Å². The van der Waals surface area contributed by atoms with Crippen LogP contribution in [0, 0.1) is 10.1 Å². The second kappa shape index (κ2) is 6.34. The summed E-state index contributed by atoms with van der Waals surface area (Å²) < 4.78 is 5.09. The van der Waals surface area contributed by atoms with Gasteiger partial charge in [0.2, 0.25) is 0 Å². The highest BCUT2D eigenvalue weighted by atomic mass is 32.1. The normalized spacial score (nSPS) is 16.9. The third-order valence-corrected chi connectivity index (χ3v) is 4.60. The summed E-state index contributed by atoms with van der Waals surface area (Å²) >= 11 is 1.29. The minimum absolute atomic E-state index is 0.0782. The van der Waals surface area contributed by atoms with Gasteiger partial charge in [0.25, 0.3) is 0 Å². The van der Waals surface area contributed by atoms with Crippen molar-refractivity contribution in [1.82, 2.24) is 0 Å². The minimum Gasteiger partial charge on any atom is -0.388 e. The summed E-state index contributed by atoms with van der Waals surface area (Å²) in [5, 5.41) is 21.4. The molecule has 1 aliphatic rings. The molecule has 0 fully saturated rings. The molecule has 0 bridgehead atoms. The topological polar surface area (TPSA) is 75.8 Å². The molecule has 1 atom stereocenters. The molecule has 2 rings (SSSR count). The molecule has 6 nitrogen and oxygen atoms in total. The van der Waals surface area contributed by atoms with Crippen molar-refractivity contribution < 1.29 is 14.8 Å². The van der Waals surface area contributed by atoms with Crippen LogP contribution in [-0.2, 0) is 4.74 Å². The molecule has 0 saturated heterocycles. The molecule has 0 saturated carbocycles. The Balaban J connectivity index is 2.22. The Bertz CT molecular complexity index is 524. The maximum Gasteiger partial charge on any atom is 0.304 e. The number of aliphatic hydroxyl groups is 1. The predicted octanol–water partition coefficient (Wildman–Crippen LogP) is 2.49. The zero-order chi connectivity index (χ0) is 14.7. The fraction of sp³-hybridized carbons (Fsp3) is 0.538. The Labute approximate surface area is 121 Å². The van der Waals surface area contributed by atoms with Crippen LogP contribution in [0.4, 0.5) is 10.7 Å². The average molecular weight is 298 g/mol. The van der Waals surface area contributed by atoms with Gasteiger partial charge in [0.1, 0.15) is 0 Å². The molecular formula is C13H18N2O4S. The number of methoxy groups -OCH3 is 1. The molecule has 0 spiro atoms. The van der Waals surface area contributed by atoms with Crippen LogP contribution >= 0.6 is 11.3 Å². The van der Waals surface area contributed by atoms with E-state index in [9.17, 15) is 15.2 Å². The first-order valence-corrected chi connectivity index (χ1v) is 7.22. The monoisotopic (exact) mass is 298 g/mol. The standard InChI is InChI=1S/C13H18N2O4S/c1-9(16)12-7-11(15(17)18)13(20-12)14-5-3-10(4-6-14)8-19-2/h3,7,9,16H,4-6,8H2,1-2H3/t9-/m1/s1. The fourth-order valence-corrected chi connectivity index (χ4v) is 3.26. The fourth-order valence-electron chi connectivity index (χ4n) is 2.17. The van der Waals surface area contributed by atoms with Crippen molar-refractivity contribution in [3.8, 4) is 0 Å². The molecule has 20 heavy (non-hydrogen) atoms. The lowest BCUT2D eigenvalue weighted by Crippen LogP contribution is -2.29. The van der Waals surface area contributed by atoms with E-state index in [1.54, 1.807) is 14.0 Å². The number of aliphatic hydroxyl groups excluding tert-OH is 1. The number of hydrogen-bond acceptors (Lipinski definition) is 6. The summed E-state index contributed by atoms with van der Waals surface area (Å²) in [5.41, 5.74) is 1.30. The van der Waals surface area contributed by atoms with Crippen LogP contribution in [0.3, 0.4) is 0 Å². The van der Waals surface area contributed by atoms with Gasteiger partial charge < -0.3 is 14.7 Å². The molecule has 0 aliphatic carbocycles. The third kappa shape index (κ3) is 3.17. The first kappa shape index (κ1) is 15.0. The second-order valence-corrected chi connectivity index (χ2v) is 5.83. The van der Waals surface area contributed by atoms with Crippen molar-refractivity contribution in [3.05, 3.63) is 32.7 Å². The van der Waals surface area contributed by atoms with E-state index < -0.39 is 6.10 Å². The zero-order valence-corrected chi connectivity index (χ0v) is 12.4. The average Bonchev–Trinajstić information content (AvgIpc) is 2.85. The van der Waals surface area contributed by atoms with Crippen LogP contribution in [0.1, 0.15) is 24.3 Å². The van der Waals surface area contributed by atoms with Gasteiger partial charge in [-0.15, -0.1) is 11.3 Å². The molecule has 1 aromatic rings. The number of nitrogens with zero attached hydrogens (tertiary/aromatic N) is 2. The Kier molecular flexibility index (Phi) is 4.74. The van der Waals surface area contributed by atoms with E-state index in [1.165, 1.54) is 23.0 Å². The molecule has 2 heterocycles. The van der Waals surface area contributed by atoms with Gasteiger partial charge in [0.15, 0.2) is 5.00 Å². The van der Waals surface area contributed by atoms with Crippen molar-refractivity contribution in [1.29, 1.82) is 0 Å². The van der Waals surface area contributed by atoms with Crippen molar-refractivity contribution in [2.45, 2.75) is 19.4 Å². The Morgan fingerprint density at radius 3 is 2.90 bits per heavy atom. The lowest BCUT2D eigenvalue weighted by Gasteiger charge is -2.26. The quantitative estimate of drug-likeness (QED) is 0.513. The predicted molar refractivity (Wildman–Crippen MR) is 78.4 cm³/mol. The van der Waals surface area contributed by atoms with Gasteiger partial charge in [-0.05, 0) is 18.9 Å². The minimum atomic E-state index is -0.683. The van der Waals surface area contributed by atoms with Crippen LogP contribution in [0.2, 0.25) is 0 Å². The van der Waals surface area contributed by atoms with E-state index in [4.69, 9.17) is 4.74 Å².